The topological polar surface area (TPSA) is 49.3 Å². The van der Waals surface area contributed by atoms with Crippen molar-refractivity contribution in [3.05, 3.63) is 29.8 Å². The molecule has 1 amide bonds. The summed E-state index contributed by atoms with van der Waals surface area (Å²) in [6, 6.07) is 7.39. The number of benzene rings is 1. The Labute approximate surface area is 120 Å². The van der Waals surface area contributed by atoms with Crippen LogP contribution in [-0.2, 0) is 4.79 Å². The van der Waals surface area contributed by atoms with Gasteiger partial charge in [0.05, 0.1) is 0 Å². The van der Waals surface area contributed by atoms with Gasteiger partial charge in [-0.3, -0.25) is 4.79 Å². The molecular formula is C17H21NO2. The number of aliphatic hydroxyl groups is 1. The Kier molecular flexibility index (Phi) is 5.64. The molecule has 2 rings (SSSR count). The van der Waals surface area contributed by atoms with Crippen molar-refractivity contribution in [2.24, 2.45) is 5.92 Å². The molecule has 0 heterocycles. The van der Waals surface area contributed by atoms with Crippen molar-refractivity contribution < 1.29 is 9.90 Å². The van der Waals surface area contributed by atoms with E-state index in [0.29, 0.717) is 12.3 Å². The highest BCUT2D eigenvalue weighted by atomic mass is 16.2. The van der Waals surface area contributed by atoms with Crippen LogP contribution >= 0.6 is 0 Å². The Balaban J connectivity index is 1.84. The molecule has 3 heteroatoms. The average Bonchev–Trinajstić information content (AvgIpc) is 2.47. The van der Waals surface area contributed by atoms with Gasteiger partial charge in [-0.15, -0.1) is 0 Å². The second-order valence-corrected chi connectivity index (χ2v) is 5.29. The molecule has 0 aromatic heterocycles. The summed E-state index contributed by atoms with van der Waals surface area (Å²) >= 11 is 0. The van der Waals surface area contributed by atoms with Crippen molar-refractivity contribution >= 4 is 11.6 Å². The molecule has 1 aliphatic rings. The lowest BCUT2D eigenvalue weighted by molar-refractivity contribution is -0.117. The third-order valence-electron chi connectivity index (χ3n) is 3.68. The van der Waals surface area contributed by atoms with Crippen molar-refractivity contribution in [3.8, 4) is 11.8 Å². The molecule has 3 nitrogen and oxygen atoms in total. The van der Waals surface area contributed by atoms with Crippen LogP contribution < -0.4 is 5.32 Å². The van der Waals surface area contributed by atoms with Gasteiger partial charge in [-0.2, -0.15) is 0 Å². The number of hydrogen-bond acceptors (Lipinski definition) is 2. The second kappa shape index (κ2) is 7.72. The molecule has 0 bridgehead atoms. The van der Waals surface area contributed by atoms with Crippen molar-refractivity contribution in [2.75, 3.05) is 11.9 Å². The van der Waals surface area contributed by atoms with Crippen LogP contribution in [0.25, 0.3) is 0 Å². The van der Waals surface area contributed by atoms with E-state index >= 15 is 0 Å². The summed E-state index contributed by atoms with van der Waals surface area (Å²) in [6.45, 7) is -0.139. The number of anilines is 1. The monoisotopic (exact) mass is 271 g/mol. The summed E-state index contributed by atoms with van der Waals surface area (Å²) in [5.41, 5.74) is 1.64. The van der Waals surface area contributed by atoms with E-state index in [2.05, 4.69) is 17.2 Å². The fourth-order valence-corrected chi connectivity index (χ4v) is 2.64. The molecule has 0 radical (unpaired) electrons. The van der Waals surface area contributed by atoms with Gasteiger partial charge in [0, 0.05) is 17.7 Å². The zero-order valence-electron chi connectivity index (χ0n) is 11.7. The zero-order valence-corrected chi connectivity index (χ0v) is 11.7. The SMILES string of the molecule is O=C(CC1CCCCC1)Nc1ccc(C#CCO)cc1. The van der Waals surface area contributed by atoms with Gasteiger partial charge in [0.15, 0.2) is 0 Å². The van der Waals surface area contributed by atoms with Crippen molar-refractivity contribution in [1.82, 2.24) is 0 Å². The molecule has 0 aliphatic heterocycles. The quantitative estimate of drug-likeness (QED) is 0.830. The van der Waals surface area contributed by atoms with Crippen molar-refractivity contribution in [2.45, 2.75) is 38.5 Å². The van der Waals surface area contributed by atoms with Crippen LogP contribution in [0.1, 0.15) is 44.1 Å². The molecule has 106 valence electrons. The number of hydrogen-bond donors (Lipinski definition) is 2. The summed E-state index contributed by atoms with van der Waals surface area (Å²) < 4.78 is 0. The predicted octanol–water partition coefficient (Wildman–Crippen LogP) is 2.94. The maximum atomic E-state index is 12.0. The molecule has 1 saturated carbocycles. The van der Waals surface area contributed by atoms with E-state index in [9.17, 15) is 4.79 Å². The number of nitrogens with one attached hydrogen (secondary N) is 1. The first-order valence-electron chi connectivity index (χ1n) is 7.27. The number of rotatable bonds is 3. The van der Waals surface area contributed by atoms with Gasteiger partial charge >= 0.3 is 0 Å². The minimum Gasteiger partial charge on any atom is -0.384 e. The number of carbonyl (C=O) groups is 1. The molecule has 2 N–H and O–H groups in total. The largest absolute Gasteiger partial charge is 0.384 e. The van der Waals surface area contributed by atoms with Crippen LogP contribution in [0.4, 0.5) is 5.69 Å². The molecule has 1 aromatic carbocycles. The van der Waals surface area contributed by atoms with Crippen LogP contribution in [0.2, 0.25) is 0 Å². The Morgan fingerprint density at radius 2 is 1.90 bits per heavy atom. The Hall–Kier alpha value is -1.79. The Morgan fingerprint density at radius 1 is 1.20 bits per heavy atom. The lowest BCUT2D eigenvalue weighted by atomic mass is 9.87. The maximum Gasteiger partial charge on any atom is 0.224 e. The standard InChI is InChI=1S/C17H21NO2/c19-12-4-7-14-8-10-16(11-9-14)18-17(20)13-15-5-2-1-3-6-15/h8-11,15,19H,1-3,5-6,12-13H2,(H,18,20). The van der Waals surface area contributed by atoms with E-state index in [-0.39, 0.29) is 12.5 Å². The minimum atomic E-state index is -0.139. The zero-order chi connectivity index (χ0) is 14.2. The van der Waals surface area contributed by atoms with Gasteiger partial charge in [0.2, 0.25) is 5.91 Å². The average molecular weight is 271 g/mol. The van der Waals surface area contributed by atoms with Gasteiger partial charge in [-0.1, -0.05) is 31.1 Å². The van der Waals surface area contributed by atoms with E-state index in [1.807, 2.05) is 24.3 Å². The number of carbonyl (C=O) groups excluding carboxylic acids is 1. The molecule has 0 spiro atoms. The van der Waals surface area contributed by atoms with E-state index in [1.54, 1.807) is 0 Å². The summed E-state index contributed by atoms with van der Waals surface area (Å²) in [7, 11) is 0. The number of aliphatic hydroxyl groups excluding tert-OH is 1. The molecule has 0 unspecified atom stereocenters. The first kappa shape index (κ1) is 14.6. The van der Waals surface area contributed by atoms with E-state index in [0.717, 1.165) is 11.3 Å². The molecule has 0 atom stereocenters. The maximum absolute atomic E-state index is 12.0. The fraction of sp³-hybridized carbons (Fsp3) is 0.471. The van der Waals surface area contributed by atoms with E-state index < -0.39 is 0 Å². The lowest BCUT2D eigenvalue weighted by Gasteiger charge is -2.20. The summed E-state index contributed by atoms with van der Waals surface area (Å²) in [5.74, 6) is 6.08. The van der Waals surface area contributed by atoms with Crippen LogP contribution in [0.3, 0.4) is 0 Å². The lowest BCUT2D eigenvalue weighted by Crippen LogP contribution is -2.18. The van der Waals surface area contributed by atoms with E-state index in [1.165, 1.54) is 32.1 Å². The highest BCUT2D eigenvalue weighted by molar-refractivity contribution is 5.90. The number of amides is 1. The molecule has 0 saturated heterocycles. The third-order valence-corrected chi connectivity index (χ3v) is 3.68. The Morgan fingerprint density at radius 3 is 2.55 bits per heavy atom. The summed E-state index contributed by atoms with van der Waals surface area (Å²) in [4.78, 5) is 12.0. The van der Waals surface area contributed by atoms with Crippen LogP contribution in [0.15, 0.2) is 24.3 Å². The smallest absolute Gasteiger partial charge is 0.224 e. The van der Waals surface area contributed by atoms with E-state index in [4.69, 9.17) is 5.11 Å². The first-order chi connectivity index (χ1) is 9.78. The van der Waals surface area contributed by atoms with Gasteiger partial charge in [-0.05, 0) is 43.0 Å². The van der Waals surface area contributed by atoms with Gasteiger partial charge < -0.3 is 10.4 Å². The van der Waals surface area contributed by atoms with Gasteiger partial charge in [0.25, 0.3) is 0 Å². The van der Waals surface area contributed by atoms with Gasteiger partial charge in [-0.25, -0.2) is 0 Å². The summed E-state index contributed by atoms with van der Waals surface area (Å²) in [5, 5.41) is 11.6. The minimum absolute atomic E-state index is 0.103. The molecule has 1 fully saturated rings. The highest BCUT2D eigenvalue weighted by Crippen LogP contribution is 2.26. The second-order valence-electron chi connectivity index (χ2n) is 5.29. The van der Waals surface area contributed by atoms with Gasteiger partial charge in [0.1, 0.15) is 6.61 Å². The first-order valence-corrected chi connectivity index (χ1v) is 7.27. The fourth-order valence-electron chi connectivity index (χ4n) is 2.64. The molecule has 1 aliphatic carbocycles. The van der Waals surface area contributed by atoms with Crippen LogP contribution in [0, 0.1) is 17.8 Å². The van der Waals surface area contributed by atoms with Crippen LogP contribution in [-0.4, -0.2) is 17.6 Å². The highest BCUT2D eigenvalue weighted by Gasteiger charge is 2.16. The normalized spacial score (nSPS) is 15.2. The van der Waals surface area contributed by atoms with Crippen LogP contribution in [0.5, 0.6) is 0 Å². The van der Waals surface area contributed by atoms with Crippen molar-refractivity contribution in [1.29, 1.82) is 0 Å². The predicted molar refractivity (Wildman–Crippen MR) is 80.2 cm³/mol. The third kappa shape index (κ3) is 4.71. The summed E-state index contributed by atoms with van der Waals surface area (Å²) in [6.07, 6.45) is 6.83. The molecular weight excluding hydrogens is 250 g/mol. The molecule has 1 aromatic rings. The van der Waals surface area contributed by atoms with Crippen molar-refractivity contribution in [3.63, 3.8) is 0 Å². The Bertz CT molecular complexity index is 490. The molecule has 20 heavy (non-hydrogen) atoms.